The summed E-state index contributed by atoms with van der Waals surface area (Å²) in [6.07, 6.45) is -1.07. The van der Waals surface area contributed by atoms with E-state index in [-0.39, 0.29) is 11.3 Å². The summed E-state index contributed by atoms with van der Waals surface area (Å²) in [5.74, 6) is 1.11. The van der Waals surface area contributed by atoms with Crippen LogP contribution in [0, 0.1) is 11.3 Å². The number of nitrogens with zero attached hydrogens (tertiary/aromatic N) is 3. The number of ether oxygens (including phenoxy) is 1. The summed E-state index contributed by atoms with van der Waals surface area (Å²) >= 11 is 0. The summed E-state index contributed by atoms with van der Waals surface area (Å²) < 4.78 is 42.9. The zero-order valence-corrected chi connectivity index (χ0v) is 14.2. The van der Waals surface area contributed by atoms with Crippen LogP contribution < -0.4 is 5.32 Å². The Labute approximate surface area is 141 Å². The first-order valence-electron chi connectivity index (χ1n) is 8.72. The van der Waals surface area contributed by atoms with E-state index in [4.69, 9.17) is 4.74 Å². The van der Waals surface area contributed by atoms with Gasteiger partial charge in [0, 0.05) is 45.2 Å². The van der Waals surface area contributed by atoms with Crippen LogP contribution in [-0.2, 0) is 4.74 Å². The quantitative estimate of drug-likeness (QED) is 0.621. The standard InChI is InChI=1S/C16H27F3N4O/c1-20-14(23-6-3-15(10-23)4-7-24-12-15)21-8-13-2-5-22(9-13)11-16(17,18)19/h13H,2-12H2,1H3,(H,20,21). The Balaban J connectivity index is 1.44. The van der Waals surface area contributed by atoms with Crippen LogP contribution in [0.15, 0.2) is 4.99 Å². The topological polar surface area (TPSA) is 40.1 Å². The molecule has 0 radical (unpaired) electrons. The van der Waals surface area contributed by atoms with E-state index in [9.17, 15) is 13.2 Å². The van der Waals surface area contributed by atoms with Gasteiger partial charge in [-0.25, -0.2) is 0 Å². The number of hydrogen-bond acceptors (Lipinski definition) is 3. The fourth-order valence-electron chi connectivity index (χ4n) is 4.13. The molecule has 0 bridgehead atoms. The van der Waals surface area contributed by atoms with E-state index in [1.165, 1.54) is 4.90 Å². The van der Waals surface area contributed by atoms with Crippen molar-refractivity contribution in [3.63, 3.8) is 0 Å². The predicted octanol–water partition coefficient (Wildman–Crippen LogP) is 1.56. The molecule has 0 aromatic carbocycles. The molecular weight excluding hydrogens is 321 g/mol. The molecule has 3 aliphatic rings. The second-order valence-corrected chi connectivity index (χ2v) is 7.41. The monoisotopic (exact) mass is 348 g/mol. The minimum atomic E-state index is -4.11. The van der Waals surface area contributed by atoms with Crippen molar-refractivity contribution in [2.75, 3.05) is 59.5 Å². The van der Waals surface area contributed by atoms with E-state index in [0.717, 1.165) is 51.5 Å². The van der Waals surface area contributed by atoms with Crippen LogP contribution in [0.3, 0.4) is 0 Å². The number of nitrogens with one attached hydrogen (secondary N) is 1. The highest BCUT2D eigenvalue weighted by molar-refractivity contribution is 5.80. The largest absolute Gasteiger partial charge is 0.401 e. The fraction of sp³-hybridized carbons (Fsp3) is 0.938. The van der Waals surface area contributed by atoms with Crippen molar-refractivity contribution in [3.05, 3.63) is 0 Å². The third-order valence-corrected chi connectivity index (χ3v) is 5.46. The molecule has 1 N–H and O–H groups in total. The molecule has 3 heterocycles. The van der Waals surface area contributed by atoms with Crippen molar-refractivity contribution in [1.29, 1.82) is 0 Å². The first-order chi connectivity index (χ1) is 11.4. The molecular formula is C16H27F3N4O. The molecule has 0 aromatic rings. The molecule has 0 aliphatic carbocycles. The maximum Gasteiger partial charge on any atom is 0.401 e. The highest BCUT2D eigenvalue weighted by atomic mass is 19.4. The average molecular weight is 348 g/mol. The predicted molar refractivity (Wildman–Crippen MR) is 86.0 cm³/mol. The Hall–Kier alpha value is -1.02. The van der Waals surface area contributed by atoms with Gasteiger partial charge >= 0.3 is 6.18 Å². The zero-order valence-electron chi connectivity index (χ0n) is 14.2. The second-order valence-electron chi connectivity index (χ2n) is 7.41. The lowest BCUT2D eigenvalue weighted by Crippen LogP contribution is -2.43. The van der Waals surface area contributed by atoms with Crippen LogP contribution in [0.25, 0.3) is 0 Å². The van der Waals surface area contributed by atoms with E-state index in [2.05, 4.69) is 15.2 Å². The Morgan fingerprint density at radius 1 is 1.33 bits per heavy atom. The van der Waals surface area contributed by atoms with Crippen LogP contribution >= 0.6 is 0 Å². The number of guanidine groups is 1. The summed E-state index contributed by atoms with van der Waals surface area (Å²) in [6, 6.07) is 0. The summed E-state index contributed by atoms with van der Waals surface area (Å²) in [5.41, 5.74) is 0.272. The van der Waals surface area contributed by atoms with Crippen LogP contribution in [0.5, 0.6) is 0 Å². The Kier molecular flexibility index (Phi) is 5.24. The lowest BCUT2D eigenvalue weighted by atomic mass is 9.87. The molecule has 3 aliphatic heterocycles. The van der Waals surface area contributed by atoms with Gasteiger partial charge in [-0.15, -0.1) is 0 Å². The Morgan fingerprint density at radius 2 is 2.17 bits per heavy atom. The second kappa shape index (κ2) is 7.07. The zero-order chi connectivity index (χ0) is 17.2. The van der Waals surface area contributed by atoms with Gasteiger partial charge in [-0.3, -0.25) is 9.89 Å². The molecule has 0 amide bonds. The van der Waals surface area contributed by atoms with Crippen molar-refractivity contribution in [2.24, 2.45) is 16.3 Å². The summed E-state index contributed by atoms with van der Waals surface area (Å²) in [6.45, 7) is 4.50. The molecule has 0 aromatic heterocycles. The maximum absolute atomic E-state index is 12.5. The van der Waals surface area contributed by atoms with Crippen LogP contribution in [0.4, 0.5) is 13.2 Å². The average Bonchev–Trinajstić information content (AvgIpc) is 3.22. The first-order valence-corrected chi connectivity index (χ1v) is 8.72. The minimum Gasteiger partial charge on any atom is -0.381 e. The van der Waals surface area contributed by atoms with Crippen molar-refractivity contribution in [1.82, 2.24) is 15.1 Å². The molecule has 138 valence electrons. The van der Waals surface area contributed by atoms with Crippen molar-refractivity contribution in [3.8, 4) is 0 Å². The molecule has 1 spiro atoms. The molecule has 3 rings (SSSR count). The molecule has 24 heavy (non-hydrogen) atoms. The molecule has 0 saturated carbocycles. The number of halogens is 3. The number of hydrogen-bond donors (Lipinski definition) is 1. The minimum absolute atomic E-state index is 0.246. The lowest BCUT2D eigenvalue weighted by Gasteiger charge is -2.26. The summed E-state index contributed by atoms with van der Waals surface area (Å²) in [5, 5.41) is 3.37. The van der Waals surface area contributed by atoms with Crippen molar-refractivity contribution < 1.29 is 17.9 Å². The van der Waals surface area contributed by atoms with Crippen molar-refractivity contribution >= 4 is 5.96 Å². The summed E-state index contributed by atoms with van der Waals surface area (Å²) in [4.78, 5) is 8.12. The number of rotatable bonds is 3. The van der Waals surface area contributed by atoms with Gasteiger partial charge in [0.2, 0.25) is 0 Å². The molecule has 8 heteroatoms. The Morgan fingerprint density at radius 3 is 2.83 bits per heavy atom. The highest BCUT2D eigenvalue weighted by Gasteiger charge is 2.42. The third-order valence-electron chi connectivity index (χ3n) is 5.46. The van der Waals surface area contributed by atoms with Gasteiger partial charge in [-0.05, 0) is 31.7 Å². The van der Waals surface area contributed by atoms with Gasteiger partial charge in [-0.1, -0.05) is 0 Å². The van der Waals surface area contributed by atoms with E-state index < -0.39 is 12.7 Å². The molecule has 2 unspecified atom stereocenters. The van der Waals surface area contributed by atoms with Crippen LogP contribution in [0.2, 0.25) is 0 Å². The fourth-order valence-corrected chi connectivity index (χ4v) is 4.13. The molecule has 2 atom stereocenters. The van der Waals surface area contributed by atoms with Gasteiger partial charge in [0.05, 0.1) is 13.2 Å². The number of likely N-dealkylation sites (tertiary alicyclic amines) is 2. The third kappa shape index (κ3) is 4.33. The van der Waals surface area contributed by atoms with Gasteiger partial charge in [-0.2, -0.15) is 13.2 Å². The van der Waals surface area contributed by atoms with E-state index in [0.29, 0.717) is 19.6 Å². The van der Waals surface area contributed by atoms with Gasteiger partial charge in [0.25, 0.3) is 0 Å². The number of alkyl halides is 3. The van der Waals surface area contributed by atoms with Gasteiger partial charge in [0.15, 0.2) is 5.96 Å². The molecule has 3 saturated heterocycles. The highest BCUT2D eigenvalue weighted by Crippen LogP contribution is 2.38. The van der Waals surface area contributed by atoms with Gasteiger partial charge in [0.1, 0.15) is 0 Å². The van der Waals surface area contributed by atoms with E-state index in [1.54, 1.807) is 7.05 Å². The number of aliphatic imine (C=N–C) groups is 1. The van der Waals surface area contributed by atoms with Gasteiger partial charge < -0.3 is 15.0 Å². The van der Waals surface area contributed by atoms with Crippen molar-refractivity contribution in [2.45, 2.75) is 25.4 Å². The SMILES string of the molecule is CN=C(NCC1CCN(CC(F)(F)F)C1)N1CCC2(CCOC2)C1. The maximum atomic E-state index is 12.5. The normalized spacial score (nSPS) is 32.2. The first kappa shape index (κ1) is 17.8. The van der Waals surface area contributed by atoms with Crippen LogP contribution in [0.1, 0.15) is 19.3 Å². The van der Waals surface area contributed by atoms with E-state index in [1.807, 2.05) is 0 Å². The smallest absolute Gasteiger partial charge is 0.381 e. The lowest BCUT2D eigenvalue weighted by molar-refractivity contribution is -0.143. The molecule has 5 nitrogen and oxygen atoms in total. The summed E-state index contributed by atoms with van der Waals surface area (Å²) in [7, 11) is 1.77. The van der Waals surface area contributed by atoms with Crippen LogP contribution in [-0.4, -0.2) is 81.5 Å². The molecule has 3 fully saturated rings. The Bertz CT molecular complexity index is 463. The van der Waals surface area contributed by atoms with E-state index >= 15 is 0 Å².